The Bertz CT molecular complexity index is 724. The van der Waals surface area contributed by atoms with Gasteiger partial charge in [0.15, 0.2) is 0 Å². The molecule has 4 heterocycles. The van der Waals surface area contributed by atoms with Gasteiger partial charge in [0.05, 0.1) is 22.8 Å². The highest BCUT2D eigenvalue weighted by molar-refractivity contribution is 6.61. The Morgan fingerprint density at radius 2 is 1.78 bits per heavy atom. The highest BCUT2D eigenvalue weighted by atomic mass is 16.7. The highest BCUT2D eigenvalue weighted by Crippen LogP contribution is 2.37. The topological polar surface area (TPSA) is 65.8 Å². The van der Waals surface area contributed by atoms with E-state index in [0.717, 1.165) is 50.2 Å². The number of amides is 1. The molecule has 27 heavy (non-hydrogen) atoms. The van der Waals surface area contributed by atoms with E-state index in [9.17, 15) is 4.79 Å². The van der Waals surface area contributed by atoms with E-state index >= 15 is 0 Å². The molecule has 1 aromatic rings. The third kappa shape index (κ3) is 3.21. The molecule has 7 nitrogen and oxygen atoms in total. The number of nitrogens with zero attached hydrogens (tertiary/aromatic N) is 3. The van der Waals surface area contributed by atoms with Crippen LogP contribution in [0.4, 0.5) is 0 Å². The van der Waals surface area contributed by atoms with Crippen LogP contribution in [0, 0.1) is 0 Å². The molecule has 0 N–H and O–H groups in total. The smallest absolute Gasteiger partial charge is 0.398 e. The SMILES string of the molecule is CC(=O)N1CCc2c(c(B3OC(C)(C)C(C)(C)O3)nn2C2CCOCC2)C1. The van der Waals surface area contributed by atoms with Crippen molar-refractivity contribution < 1.29 is 18.8 Å². The van der Waals surface area contributed by atoms with Gasteiger partial charge in [-0.05, 0) is 40.5 Å². The van der Waals surface area contributed by atoms with Crippen molar-refractivity contribution in [2.75, 3.05) is 19.8 Å². The summed E-state index contributed by atoms with van der Waals surface area (Å²) >= 11 is 0. The predicted molar refractivity (Wildman–Crippen MR) is 102 cm³/mol. The minimum absolute atomic E-state index is 0.0966. The summed E-state index contributed by atoms with van der Waals surface area (Å²) in [4.78, 5) is 13.9. The van der Waals surface area contributed by atoms with Crippen LogP contribution < -0.4 is 5.59 Å². The lowest BCUT2D eigenvalue weighted by molar-refractivity contribution is -0.129. The first kappa shape index (κ1) is 19.0. The summed E-state index contributed by atoms with van der Waals surface area (Å²) < 4.78 is 20.3. The van der Waals surface area contributed by atoms with E-state index < -0.39 is 18.3 Å². The first-order chi connectivity index (χ1) is 12.7. The summed E-state index contributed by atoms with van der Waals surface area (Å²) in [5.41, 5.74) is 2.33. The number of rotatable bonds is 2. The Balaban J connectivity index is 1.73. The number of hydrogen-bond acceptors (Lipinski definition) is 5. The minimum atomic E-state index is -0.503. The molecule has 3 aliphatic rings. The van der Waals surface area contributed by atoms with Crippen LogP contribution in [-0.4, -0.2) is 58.7 Å². The van der Waals surface area contributed by atoms with Crippen molar-refractivity contribution in [2.24, 2.45) is 0 Å². The molecule has 2 fully saturated rings. The van der Waals surface area contributed by atoms with Crippen molar-refractivity contribution in [3.63, 3.8) is 0 Å². The van der Waals surface area contributed by atoms with Gasteiger partial charge in [-0.3, -0.25) is 9.48 Å². The van der Waals surface area contributed by atoms with Gasteiger partial charge in [0.1, 0.15) is 0 Å². The molecule has 0 unspecified atom stereocenters. The first-order valence-electron chi connectivity index (χ1n) is 9.98. The second-order valence-electron chi connectivity index (χ2n) is 8.88. The van der Waals surface area contributed by atoms with Crippen molar-refractivity contribution in [3.05, 3.63) is 11.3 Å². The second-order valence-corrected chi connectivity index (χ2v) is 8.88. The highest BCUT2D eigenvalue weighted by Gasteiger charge is 2.54. The molecule has 8 heteroatoms. The molecule has 2 saturated heterocycles. The number of fused-ring (bicyclic) bond motifs is 1. The molecule has 1 amide bonds. The molecule has 0 radical (unpaired) electrons. The van der Waals surface area contributed by atoms with Gasteiger partial charge in [0, 0.05) is 50.9 Å². The number of aromatic nitrogens is 2. The van der Waals surface area contributed by atoms with Gasteiger partial charge < -0.3 is 18.9 Å². The number of carbonyl (C=O) groups is 1. The molecule has 0 aliphatic carbocycles. The molecule has 0 bridgehead atoms. The van der Waals surface area contributed by atoms with Gasteiger partial charge in [-0.2, -0.15) is 5.10 Å². The van der Waals surface area contributed by atoms with Crippen molar-refractivity contribution in [1.82, 2.24) is 14.7 Å². The maximum absolute atomic E-state index is 12.0. The average molecular weight is 375 g/mol. The normalized spacial score (nSPS) is 24.9. The largest absolute Gasteiger partial charge is 0.516 e. The number of hydrogen-bond donors (Lipinski definition) is 0. The van der Waals surface area contributed by atoms with Crippen LogP contribution >= 0.6 is 0 Å². The Hall–Kier alpha value is -1.38. The van der Waals surface area contributed by atoms with Crippen LogP contribution in [0.1, 0.15) is 64.8 Å². The summed E-state index contributed by atoms with van der Waals surface area (Å²) in [6.45, 7) is 12.7. The van der Waals surface area contributed by atoms with Crippen LogP contribution in [0.2, 0.25) is 0 Å². The second kappa shape index (κ2) is 6.60. The summed E-state index contributed by atoms with van der Waals surface area (Å²) in [5, 5.41) is 5.00. The van der Waals surface area contributed by atoms with Crippen LogP contribution in [0.25, 0.3) is 0 Å². The van der Waals surface area contributed by atoms with E-state index in [-0.39, 0.29) is 5.91 Å². The Morgan fingerprint density at radius 3 is 2.37 bits per heavy atom. The Morgan fingerprint density at radius 1 is 1.15 bits per heavy atom. The Labute approximate surface area is 161 Å². The van der Waals surface area contributed by atoms with E-state index in [4.69, 9.17) is 19.1 Å². The van der Waals surface area contributed by atoms with E-state index in [1.165, 1.54) is 5.69 Å². The van der Waals surface area contributed by atoms with Crippen molar-refractivity contribution >= 4 is 18.6 Å². The standard InChI is InChI=1S/C19H30BN3O4/c1-13(24)22-9-6-16-15(12-22)17(20-26-18(2,3)19(4,5)27-20)21-23(16)14-7-10-25-11-8-14/h14H,6-12H2,1-5H3. The molecule has 1 aromatic heterocycles. The molecule has 0 spiro atoms. The zero-order valence-electron chi connectivity index (χ0n) is 17.1. The average Bonchev–Trinajstić information content (AvgIpc) is 3.09. The Kier molecular flexibility index (Phi) is 4.64. The van der Waals surface area contributed by atoms with Gasteiger partial charge in [-0.25, -0.2) is 0 Å². The fraction of sp³-hybridized carbons (Fsp3) is 0.789. The number of ether oxygens (including phenoxy) is 1. The van der Waals surface area contributed by atoms with Gasteiger partial charge >= 0.3 is 7.12 Å². The molecule has 3 aliphatic heterocycles. The molecule has 0 saturated carbocycles. The van der Waals surface area contributed by atoms with Crippen molar-refractivity contribution in [3.8, 4) is 0 Å². The zero-order chi connectivity index (χ0) is 19.4. The maximum atomic E-state index is 12.0. The lowest BCUT2D eigenvalue weighted by Gasteiger charge is -2.32. The summed E-state index contributed by atoms with van der Waals surface area (Å²) in [6.07, 6.45) is 2.75. The van der Waals surface area contributed by atoms with Crippen molar-refractivity contribution in [1.29, 1.82) is 0 Å². The summed E-state index contributed by atoms with van der Waals surface area (Å²) in [5.74, 6) is 0.0966. The van der Waals surface area contributed by atoms with Crippen LogP contribution in [-0.2, 0) is 31.8 Å². The fourth-order valence-electron chi connectivity index (χ4n) is 4.12. The zero-order valence-corrected chi connectivity index (χ0v) is 17.1. The maximum Gasteiger partial charge on any atom is 0.516 e. The van der Waals surface area contributed by atoms with Crippen LogP contribution in [0.5, 0.6) is 0 Å². The van der Waals surface area contributed by atoms with Gasteiger partial charge in [0.2, 0.25) is 5.91 Å². The van der Waals surface area contributed by atoms with E-state index in [1.807, 2.05) is 4.90 Å². The third-order valence-electron chi connectivity index (χ3n) is 6.58. The summed E-state index contributed by atoms with van der Waals surface area (Å²) in [7, 11) is -0.503. The molecule has 148 valence electrons. The first-order valence-corrected chi connectivity index (χ1v) is 9.98. The summed E-state index contributed by atoms with van der Waals surface area (Å²) in [6, 6.07) is 0.340. The minimum Gasteiger partial charge on any atom is -0.398 e. The van der Waals surface area contributed by atoms with Gasteiger partial charge in [-0.1, -0.05) is 0 Å². The lowest BCUT2D eigenvalue weighted by Crippen LogP contribution is -2.42. The van der Waals surface area contributed by atoms with Gasteiger partial charge in [0.25, 0.3) is 0 Å². The predicted octanol–water partition coefficient (Wildman–Crippen LogP) is 1.44. The van der Waals surface area contributed by atoms with Crippen molar-refractivity contribution in [2.45, 2.75) is 77.7 Å². The van der Waals surface area contributed by atoms with Gasteiger partial charge in [-0.15, -0.1) is 0 Å². The fourth-order valence-corrected chi connectivity index (χ4v) is 4.12. The quantitative estimate of drug-likeness (QED) is 0.732. The van der Waals surface area contributed by atoms with E-state index in [2.05, 4.69) is 32.4 Å². The number of carbonyl (C=O) groups excluding carboxylic acids is 1. The van der Waals surface area contributed by atoms with Crippen LogP contribution in [0.15, 0.2) is 0 Å². The third-order valence-corrected chi connectivity index (χ3v) is 6.58. The molecule has 4 rings (SSSR count). The van der Waals surface area contributed by atoms with Crippen LogP contribution in [0.3, 0.4) is 0 Å². The monoisotopic (exact) mass is 375 g/mol. The van der Waals surface area contributed by atoms with E-state index in [0.29, 0.717) is 12.6 Å². The molecule has 0 atom stereocenters. The molecule has 0 aromatic carbocycles. The lowest BCUT2D eigenvalue weighted by atomic mass is 9.80. The molecular weight excluding hydrogens is 345 g/mol. The van der Waals surface area contributed by atoms with E-state index in [1.54, 1.807) is 6.92 Å². The molecular formula is C19H30BN3O4.